The Morgan fingerprint density at radius 1 is 0.389 bits per heavy atom. The zero-order chi connectivity index (χ0) is 29.1. The van der Waals surface area contributed by atoms with Gasteiger partial charge in [-0.15, -0.1) is 0 Å². The van der Waals surface area contributed by atoms with Crippen LogP contribution in [0.25, 0.3) is 0 Å². The maximum absolute atomic E-state index is 11.1. The molecule has 12 heteroatoms. The Labute approximate surface area is 217 Å². The van der Waals surface area contributed by atoms with Crippen LogP contribution in [-0.2, 0) is 19.2 Å². The highest BCUT2D eigenvalue weighted by Crippen LogP contribution is 2.01. The highest BCUT2D eigenvalue weighted by atomic mass is 16.4. The largest absolute Gasteiger partial charge is 0.480 e. The topological polar surface area (TPSA) is 162 Å². The molecule has 0 radical (unpaired) electrons. The predicted octanol–water partition coefficient (Wildman–Crippen LogP) is 1.65. The molecule has 1 saturated heterocycles. The lowest BCUT2D eigenvalue weighted by molar-refractivity contribution is -0.141. The highest BCUT2D eigenvalue weighted by molar-refractivity contribution is 5.70. The van der Waals surface area contributed by atoms with Gasteiger partial charge in [0.15, 0.2) is 0 Å². The monoisotopic (exact) mass is 524 g/mol. The van der Waals surface area contributed by atoms with Gasteiger partial charge in [-0.25, -0.2) is 0 Å². The molecule has 0 bridgehead atoms. The van der Waals surface area contributed by atoms with Crippen molar-refractivity contribution in [3.8, 4) is 0 Å². The van der Waals surface area contributed by atoms with Crippen LogP contribution in [-0.4, -0.2) is 142 Å². The van der Waals surface area contributed by atoms with Crippen LogP contribution < -0.4 is 0 Å². The van der Waals surface area contributed by atoms with Gasteiger partial charge >= 0.3 is 23.9 Å². The van der Waals surface area contributed by atoms with E-state index in [0.717, 1.165) is 0 Å². The smallest absolute Gasteiger partial charge is 0.317 e. The Morgan fingerprint density at radius 2 is 0.500 bits per heavy atom. The van der Waals surface area contributed by atoms with Crippen molar-refractivity contribution in [2.24, 2.45) is 0 Å². The first-order valence-electron chi connectivity index (χ1n) is 12.9. The van der Waals surface area contributed by atoms with Crippen molar-refractivity contribution in [2.75, 3.05) is 78.5 Å². The molecule has 1 rings (SSSR count). The summed E-state index contributed by atoms with van der Waals surface area (Å²) in [5.41, 5.74) is 0. The number of carboxylic acids is 4. The summed E-state index contributed by atoms with van der Waals surface area (Å²) in [5.74, 6) is -4.08. The van der Waals surface area contributed by atoms with Gasteiger partial charge < -0.3 is 20.4 Å². The maximum atomic E-state index is 11.1. The van der Waals surface area contributed by atoms with Crippen LogP contribution in [0.3, 0.4) is 0 Å². The Balaban J connectivity index is -0.000000579. The molecular formula is C24H52N4O8. The van der Waals surface area contributed by atoms with E-state index in [1.807, 2.05) is 55.4 Å². The molecule has 1 fully saturated rings. The molecule has 1 aliphatic heterocycles. The molecule has 0 aromatic rings. The van der Waals surface area contributed by atoms with Crippen molar-refractivity contribution in [2.45, 2.75) is 55.4 Å². The summed E-state index contributed by atoms with van der Waals surface area (Å²) in [6.45, 7) is 17.5. The van der Waals surface area contributed by atoms with Gasteiger partial charge in [0, 0.05) is 52.4 Å². The minimum absolute atomic E-state index is 0.229. The molecule has 1 heterocycles. The second kappa shape index (κ2) is 29.0. The molecule has 0 atom stereocenters. The van der Waals surface area contributed by atoms with E-state index in [2.05, 4.69) is 0 Å². The van der Waals surface area contributed by atoms with E-state index in [9.17, 15) is 19.2 Å². The van der Waals surface area contributed by atoms with Gasteiger partial charge in [0.1, 0.15) is 0 Å². The molecular weight excluding hydrogens is 472 g/mol. The molecule has 0 aromatic carbocycles. The molecule has 0 spiro atoms. The van der Waals surface area contributed by atoms with Crippen molar-refractivity contribution in [1.82, 2.24) is 19.6 Å². The van der Waals surface area contributed by atoms with E-state index in [0.29, 0.717) is 52.4 Å². The lowest BCUT2D eigenvalue weighted by atomic mass is 10.3. The lowest BCUT2D eigenvalue weighted by Crippen LogP contribution is -2.49. The Morgan fingerprint density at radius 3 is 0.583 bits per heavy atom. The molecule has 36 heavy (non-hydrogen) atoms. The molecule has 0 unspecified atom stereocenters. The number of carboxylic acid groups (broad SMARTS) is 4. The third kappa shape index (κ3) is 26.3. The van der Waals surface area contributed by atoms with Gasteiger partial charge in [0.25, 0.3) is 0 Å². The molecule has 0 aliphatic carbocycles. The first kappa shape index (κ1) is 40.9. The predicted molar refractivity (Wildman–Crippen MR) is 142 cm³/mol. The second-order valence-electron chi connectivity index (χ2n) is 6.68. The van der Waals surface area contributed by atoms with E-state index in [1.54, 1.807) is 19.6 Å². The van der Waals surface area contributed by atoms with Crippen LogP contribution in [0, 0.1) is 0 Å². The lowest BCUT2D eigenvalue weighted by Gasteiger charge is -2.32. The van der Waals surface area contributed by atoms with Crippen molar-refractivity contribution in [1.29, 1.82) is 0 Å². The minimum atomic E-state index is -1.02. The van der Waals surface area contributed by atoms with Gasteiger partial charge in [-0.2, -0.15) is 0 Å². The number of nitrogens with zero attached hydrogens (tertiary/aromatic N) is 4. The summed E-state index contributed by atoms with van der Waals surface area (Å²) in [4.78, 5) is 50.9. The quantitative estimate of drug-likeness (QED) is 0.364. The number of hydrogen-bond acceptors (Lipinski definition) is 8. The van der Waals surface area contributed by atoms with Gasteiger partial charge in [0.05, 0.1) is 26.2 Å². The fourth-order valence-electron chi connectivity index (χ4n) is 2.98. The van der Waals surface area contributed by atoms with Crippen LogP contribution in [0.4, 0.5) is 0 Å². The first-order chi connectivity index (χ1) is 17.2. The van der Waals surface area contributed by atoms with Crippen LogP contribution in [0.2, 0.25) is 0 Å². The van der Waals surface area contributed by atoms with E-state index in [4.69, 9.17) is 20.4 Å². The van der Waals surface area contributed by atoms with Gasteiger partial charge in [-0.1, -0.05) is 55.4 Å². The van der Waals surface area contributed by atoms with Crippen LogP contribution in [0.5, 0.6) is 0 Å². The number of aliphatic carboxylic acids is 4. The van der Waals surface area contributed by atoms with E-state index >= 15 is 0 Å². The SMILES string of the molecule is CC.CC.CC.CC.O=C(O)CN1CCN(CC(=O)O)CCN(CC(=O)O)CCN(CC(=O)O)CC1. The van der Waals surface area contributed by atoms with Crippen molar-refractivity contribution in [3.63, 3.8) is 0 Å². The summed E-state index contributed by atoms with van der Waals surface area (Å²) < 4.78 is 0. The van der Waals surface area contributed by atoms with Gasteiger partial charge in [0.2, 0.25) is 0 Å². The Kier molecular flexibility index (Phi) is 32.9. The van der Waals surface area contributed by atoms with E-state index in [-0.39, 0.29) is 26.2 Å². The molecule has 0 aromatic heterocycles. The summed E-state index contributed by atoms with van der Waals surface area (Å²) in [6, 6.07) is 0. The zero-order valence-electron chi connectivity index (χ0n) is 23.7. The first-order valence-corrected chi connectivity index (χ1v) is 12.9. The van der Waals surface area contributed by atoms with Crippen molar-refractivity contribution >= 4 is 23.9 Å². The Hall–Kier alpha value is -2.28. The second-order valence-corrected chi connectivity index (χ2v) is 6.68. The van der Waals surface area contributed by atoms with Crippen LogP contribution in [0.15, 0.2) is 0 Å². The third-order valence-electron chi connectivity index (χ3n) is 4.37. The highest BCUT2D eigenvalue weighted by Gasteiger charge is 2.20. The minimum Gasteiger partial charge on any atom is -0.480 e. The average Bonchev–Trinajstić information content (AvgIpc) is 2.84. The van der Waals surface area contributed by atoms with E-state index < -0.39 is 23.9 Å². The molecule has 12 nitrogen and oxygen atoms in total. The third-order valence-corrected chi connectivity index (χ3v) is 4.37. The summed E-state index contributed by atoms with van der Waals surface area (Å²) in [7, 11) is 0. The van der Waals surface area contributed by atoms with Gasteiger partial charge in [-0.3, -0.25) is 38.8 Å². The molecule has 0 saturated carbocycles. The standard InChI is InChI=1S/C16H28N4O8.4C2H6/c21-13(22)9-17-1-2-18(10-14(23)24)5-6-20(12-16(27)28)8-7-19(4-3-17)11-15(25)26;4*1-2/h1-12H2,(H,21,22)(H,23,24)(H,25,26)(H,27,28);4*1-2H3. The zero-order valence-corrected chi connectivity index (χ0v) is 23.7. The Bertz CT molecular complexity index is 452. The van der Waals surface area contributed by atoms with E-state index in [1.165, 1.54) is 0 Å². The maximum Gasteiger partial charge on any atom is 0.317 e. The van der Waals surface area contributed by atoms with Crippen molar-refractivity contribution < 1.29 is 39.6 Å². The fourth-order valence-corrected chi connectivity index (χ4v) is 2.98. The van der Waals surface area contributed by atoms with Crippen molar-refractivity contribution in [3.05, 3.63) is 0 Å². The molecule has 1 aliphatic rings. The van der Waals surface area contributed by atoms with Crippen LogP contribution in [0.1, 0.15) is 55.4 Å². The number of rotatable bonds is 8. The van der Waals surface area contributed by atoms with Crippen LogP contribution >= 0.6 is 0 Å². The normalized spacial score (nSPS) is 15.8. The number of hydrogen-bond donors (Lipinski definition) is 4. The molecule has 216 valence electrons. The summed E-state index contributed by atoms with van der Waals surface area (Å²) >= 11 is 0. The fraction of sp³-hybridized carbons (Fsp3) is 0.833. The summed E-state index contributed by atoms with van der Waals surface area (Å²) in [5, 5.41) is 36.3. The van der Waals surface area contributed by atoms with Gasteiger partial charge in [-0.05, 0) is 0 Å². The molecule has 4 N–H and O–H groups in total. The average molecular weight is 525 g/mol. The number of carbonyl (C=O) groups is 4. The molecule has 0 amide bonds. The summed E-state index contributed by atoms with van der Waals surface area (Å²) in [6.07, 6.45) is 0.